The first-order valence-electron chi connectivity index (χ1n) is 3.44. The van der Waals surface area contributed by atoms with Gasteiger partial charge >= 0.3 is 6.18 Å². The molecule has 1 nitrogen and oxygen atoms in total. The molecular weight excluding hydrogens is 248 g/mol. The van der Waals surface area contributed by atoms with Crippen LogP contribution in [0.15, 0.2) is 6.07 Å². The zero-order valence-corrected chi connectivity index (χ0v) is 7.50. The second-order valence-electron chi connectivity index (χ2n) is 2.50. The van der Waals surface area contributed by atoms with Crippen molar-refractivity contribution in [1.82, 2.24) is 4.98 Å². The molecular formula is C7H2ClF6N. The van der Waals surface area contributed by atoms with E-state index in [-0.39, 0.29) is 6.07 Å². The lowest BCUT2D eigenvalue weighted by Gasteiger charge is -2.09. The van der Waals surface area contributed by atoms with Crippen LogP contribution in [0.5, 0.6) is 0 Å². The lowest BCUT2D eigenvalue weighted by Crippen LogP contribution is -2.12. The van der Waals surface area contributed by atoms with Crippen molar-refractivity contribution < 1.29 is 26.3 Å². The molecule has 0 spiro atoms. The molecule has 0 aliphatic carbocycles. The van der Waals surface area contributed by atoms with Crippen LogP contribution in [0.3, 0.4) is 0 Å². The number of rotatable bonds is 1. The fourth-order valence-corrected chi connectivity index (χ4v) is 1.05. The Hall–Kier alpha value is -0.980. The Morgan fingerprint density at radius 1 is 1.27 bits per heavy atom. The average molecular weight is 250 g/mol. The minimum Gasteiger partial charge on any atom is -0.228 e. The van der Waals surface area contributed by atoms with E-state index in [1.54, 1.807) is 0 Å². The van der Waals surface area contributed by atoms with Crippen LogP contribution in [0.25, 0.3) is 0 Å². The van der Waals surface area contributed by atoms with Crippen LogP contribution >= 0.6 is 11.6 Å². The normalized spacial score (nSPS) is 12.3. The van der Waals surface area contributed by atoms with Gasteiger partial charge in [-0.3, -0.25) is 0 Å². The number of hydrogen-bond donors (Lipinski definition) is 0. The van der Waals surface area contributed by atoms with E-state index in [4.69, 9.17) is 11.6 Å². The number of nitrogens with zero attached hydrogens (tertiary/aromatic N) is 1. The van der Waals surface area contributed by atoms with Crippen molar-refractivity contribution in [1.29, 1.82) is 0 Å². The van der Waals surface area contributed by atoms with Gasteiger partial charge in [-0.1, -0.05) is 11.6 Å². The molecule has 1 rings (SSSR count). The van der Waals surface area contributed by atoms with Crippen LogP contribution in [0.4, 0.5) is 26.3 Å². The van der Waals surface area contributed by atoms with Crippen molar-refractivity contribution in [2.45, 2.75) is 12.6 Å². The third kappa shape index (κ3) is 2.53. The van der Waals surface area contributed by atoms with Gasteiger partial charge in [0, 0.05) is 0 Å². The molecule has 1 aromatic rings. The average Bonchev–Trinajstić information content (AvgIpc) is 2.06. The molecule has 0 bridgehead atoms. The van der Waals surface area contributed by atoms with Gasteiger partial charge < -0.3 is 0 Å². The highest BCUT2D eigenvalue weighted by Gasteiger charge is 2.37. The number of aromatic nitrogens is 1. The molecule has 0 saturated carbocycles. The van der Waals surface area contributed by atoms with Crippen LogP contribution in [0, 0.1) is 5.82 Å². The summed E-state index contributed by atoms with van der Waals surface area (Å²) in [6, 6.07) is 0.0306. The Morgan fingerprint density at radius 3 is 2.20 bits per heavy atom. The molecule has 0 fully saturated rings. The Labute approximate surface area is 84.7 Å². The predicted octanol–water partition coefficient (Wildman–Crippen LogP) is 3.83. The maximum absolute atomic E-state index is 12.7. The molecule has 0 atom stereocenters. The second kappa shape index (κ2) is 3.88. The van der Waals surface area contributed by atoms with E-state index in [0.29, 0.717) is 0 Å². The Bertz CT molecular complexity index is 374. The largest absolute Gasteiger partial charge is 0.436 e. The van der Waals surface area contributed by atoms with Gasteiger partial charge in [-0.05, 0) is 6.07 Å². The van der Waals surface area contributed by atoms with Crippen molar-refractivity contribution >= 4 is 11.6 Å². The summed E-state index contributed by atoms with van der Waals surface area (Å²) >= 11 is 5.04. The quantitative estimate of drug-likeness (QED) is 0.544. The van der Waals surface area contributed by atoms with E-state index < -0.39 is 34.8 Å². The topological polar surface area (TPSA) is 12.9 Å². The van der Waals surface area contributed by atoms with Gasteiger partial charge in [-0.15, -0.1) is 0 Å². The SMILES string of the molecule is Fc1cc(C(F)F)c(Cl)nc1C(F)(F)F. The summed E-state index contributed by atoms with van der Waals surface area (Å²) in [5.41, 5.74) is -2.97. The zero-order valence-electron chi connectivity index (χ0n) is 6.75. The summed E-state index contributed by atoms with van der Waals surface area (Å²) in [6.07, 6.45) is -8.24. The highest BCUT2D eigenvalue weighted by atomic mass is 35.5. The smallest absolute Gasteiger partial charge is 0.228 e. The maximum Gasteiger partial charge on any atom is 0.436 e. The lowest BCUT2D eigenvalue weighted by molar-refractivity contribution is -0.143. The van der Waals surface area contributed by atoms with Gasteiger partial charge in [0.15, 0.2) is 11.5 Å². The number of halogens is 7. The number of alkyl halides is 5. The number of pyridine rings is 1. The lowest BCUT2D eigenvalue weighted by atomic mass is 10.2. The van der Waals surface area contributed by atoms with E-state index in [2.05, 4.69) is 4.98 Å². The van der Waals surface area contributed by atoms with Gasteiger partial charge in [-0.2, -0.15) is 13.2 Å². The summed E-state index contributed by atoms with van der Waals surface area (Å²) in [5, 5.41) is -1.06. The fourth-order valence-electron chi connectivity index (χ4n) is 0.832. The van der Waals surface area contributed by atoms with Crippen LogP contribution in [0.2, 0.25) is 5.15 Å². The molecule has 15 heavy (non-hydrogen) atoms. The predicted molar refractivity (Wildman–Crippen MR) is 39.2 cm³/mol. The highest BCUT2D eigenvalue weighted by molar-refractivity contribution is 6.30. The molecule has 0 N–H and O–H groups in total. The second-order valence-corrected chi connectivity index (χ2v) is 2.86. The van der Waals surface area contributed by atoms with Crippen LogP contribution in [0.1, 0.15) is 17.7 Å². The summed E-state index contributed by atoms with van der Waals surface area (Å²) in [5.74, 6) is -1.87. The van der Waals surface area contributed by atoms with E-state index in [1.165, 1.54) is 0 Å². The van der Waals surface area contributed by atoms with Crippen LogP contribution < -0.4 is 0 Å². The zero-order chi connectivity index (χ0) is 11.8. The molecule has 0 unspecified atom stereocenters. The Kier molecular flexibility index (Phi) is 3.13. The molecule has 0 saturated heterocycles. The monoisotopic (exact) mass is 249 g/mol. The third-order valence-electron chi connectivity index (χ3n) is 1.46. The molecule has 0 aromatic carbocycles. The maximum atomic E-state index is 12.7. The summed E-state index contributed by atoms with van der Waals surface area (Å²) in [6.45, 7) is 0. The molecule has 0 radical (unpaired) electrons. The van der Waals surface area contributed by atoms with Gasteiger partial charge in [0.05, 0.1) is 5.56 Å². The summed E-state index contributed by atoms with van der Waals surface area (Å²) < 4.78 is 72.9. The molecule has 0 aliphatic heterocycles. The molecule has 8 heteroatoms. The number of hydrogen-bond acceptors (Lipinski definition) is 1. The van der Waals surface area contributed by atoms with Gasteiger partial charge in [-0.25, -0.2) is 18.2 Å². The van der Waals surface area contributed by atoms with Crippen molar-refractivity contribution in [3.05, 3.63) is 28.3 Å². The van der Waals surface area contributed by atoms with Crippen LogP contribution in [-0.2, 0) is 6.18 Å². The first-order valence-corrected chi connectivity index (χ1v) is 3.82. The van der Waals surface area contributed by atoms with Gasteiger partial charge in [0.1, 0.15) is 5.15 Å². The molecule has 0 amide bonds. The third-order valence-corrected chi connectivity index (χ3v) is 1.76. The van der Waals surface area contributed by atoms with Crippen molar-refractivity contribution in [2.75, 3.05) is 0 Å². The minimum absolute atomic E-state index is 0.0306. The highest BCUT2D eigenvalue weighted by Crippen LogP contribution is 2.34. The van der Waals surface area contributed by atoms with Crippen LogP contribution in [-0.4, -0.2) is 4.98 Å². The first kappa shape index (κ1) is 12.1. The first-order chi connectivity index (χ1) is 6.73. The van der Waals surface area contributed by atoms with E-state index in [9.17, 15) is 26.3 Å². The van der Waals surface area contributed by atoms with Crippen molar-refractivity contribution in [2.24, 2.45) is 0 Å². The van der Waals surface area contributed by atoms with E-state index in [1.807, 2.05) is 0 Å². The summed E-state index contributed by atoms with van der Waals surface area (Å²) in [4.78, 5) is 2.55. The standard InChI is InChI=1S/C7H2ClF6N/c8-5-2(6(10)11)1-3(9)4(15-5)7(12,13)14/h1,6H. The Morgan fingerprint density at radius 2 is 1.80 bits per heavy atom. The molecule has 1 aromatic heterocycles. The molecule has 1 heterocycles. The molecule has 0 aliphatic rings. The van der Waals surface area contributed by atoms with Crippen molar-refractivity contribution in [3.8, 4) is 0 Å². The minimum atomic E-state index is -5.06. The van der Waals surface area contributed by atoms with Crippen molar-refractivity contribution in [3.63, 3.8) is 0 Å². The molecule has 84 valence electrons. The summed E-state index contributed by atoms with van der Waals surface area (Å²) in [7, 11) is 0. The van der Waals surface area contributed by atoms with Gasteiger partial charge in [0.25, 0.3) is 6.43 Å². The van der Waals surface area contributed by atoms with E-state index in [0.717, 1.165) is 0 Å². The van der Waals surface area contributed by atoms with Gasteiger partial charge in [0.2, 0.25) is 0 Å². The Balaban J connectivity index is 3.32. The fraction of sp³-hybridized carbons (Fsp3) is 0.286. The van der Waals surface area contributed by atoms with E-state index >= 15 is 0 Å².